The van der Waals surface area contributed by atoms with E-state index in [2.05, 4.69) is 4.72 Å². The monoisotopic (exact) mass is 441 g/mol. The van der Waals surface area contributed by atoms with Crippen molar-refractivity contribution >= 4 is 21.6 Å². The molecule has 0 aromatic heterocycles. The molecular weight excluding hydrogens is 425 g/mol. The molecule has 0 bridgehead atoms. The Morgan fingerprint density at radius 1 is 0.929 bits per heavy atom. The van der Waals surface area contributed by atoms with Gasteiger partial charge in [0.25, 0.3) is 0 Å². The molecule has 2 aromatic rings. The molecule has 0 spiro atoms. The standard InChI is InChI=1S/C18H17ClF5NO2S/c1-9(2)18(3,8-10-4-6-11(19)7-5-10)25-28(26,27)17-15(23)13(21)12(20)14(22)16(17)24/h4-7,9,25H,8H2,1-3H3. The number of hydrogen-bond acceptors (Lipinski definition) is 2. The van der Waals surface area contributed by atoms with Crippen molar-refractivity contribution in [2.24, 2.45) is 5.92 Å². The fourth-order valence-corrected chi connectivity index (χ4v) is 4.36. The highest BCUT2D eigenvalue weighted by atomic mass is 35.5. The van der Waals surface area contributed by atoms with Crippen molar-refractivity contribution in [1.82, 2.24) is 4.72 Å². The lowest BCUT2D eigenvalue weighted by atomic mass is 9.84. The molecule has 1 N–H and O–H groups in total. The van der Waals surface area contributed by atoms with E-state index in [4.69, 9.17) is 11.6 Å². The number of benzene rings is 2. The third-order valence-corrected chi connectivity index (χ3v) is 6.45. The highest BCUT2D eigenvalue weighted by molar-refractivity contribution is 7.89. The van der Waals surface area contributed by atoms with Crippen LogP contribution >= 0.6 is 11.6 Å². The predicted molar refractivity (Wildman–Crippen MR) is 95.0 cm³/mol. The number of nitrogens with one attached hydrogen (secondary N) is 1. The zero-order valence-electron chi connectivity index (χ0n) is 15.1. The van der Waals surface area contributed by atoms with Crippen LogP contribution in [0.1, 0.15) is 26.3 Å². The van der Waals surface area contributed by atoms with Crippen LogP contribution in [0.15, 0.2) is 29.2 Å². The summed E-state index contributed by atoms with van der Waals surface area (Å²) in [4.78, 5) is -1.91. The van der Waals surface area contributed by atoms with E-state index in [1.54, 1.807) is 38.1 Å². The lowest BCUT2D eigenvalue weighted by molar-refractivity contribution is 0.300. The molecule has 2 rings (SSSR count). The average Bonchev–Trinajstić information content (AvgIpc) is 2.59. The van der Waals surface area contributed by atoms with Gasteiger partial charge in [-0.05, 0) is 37.0 Å². The fraction of sp³-hybridized carbons (Fsp3) is 0.333. The van der Waals surface area contributed by atoms with Gasteiger partial charge in [-0.25, -0.2) is 35.1 Å². The second-order valence-electron chi connectivity index (χ2n) is 6.88. The second kappa shape index (κ2) is 7.96. The molecule has 0 aliphatic heterocycles. The average molecular weight is 442 g/mol. The van der Waals surface area contributed by atoms with Gasteiger partial charge in [0.15, 0.2) is 28.2 Å². The topological polar surface area (TPSA) is 46.2 Å². The van der Waals surface area contributed by atoms with Gasteiger partial charge in [-0.1, -0.05) is 37.6 Å². The minimum atomic E-state index is -5.09. The number of halogens is 6. The molecule has 1 unspecified atom stereocenters. The van der Waals surface area contributed by atoms with E-state index in [0.717, 1.165) is 0 Å². The smallest absolute Gasteiger partial charge is 0.207 e. The van der Waals surface area contributed by atoms with Crippen LogP contribution in [0.2, 0.25) is 5.02 Å². The number of sulfonamides is 1. The van der Waals surface area contributed by atoms with Gasteiger partial charge in [0.2, 0.25) is 15.8 Å². The quantitative estimate of drug-likeness (QED) is 0.391. The summed E-state index contributed by atoms with van der Waals surface area (Å²) in [5, 5.41) is 0.456. The Hall–Kier alpha value is -1.71. The molecule has 0 aliphatic rings. The highest BCUT2D eigenvalue weighted by Crippen LogP contribution is 2.30. The van der Waals surface area contributed by atoms with Crippen molar-refractivity contribution in [1.29, 1.82) is 0 Å². The summed E-state index contributed by atoms with van der Waals surface area (Å²) in [6.07, 6.45) is 0.0798. The van der Waals surface area contributed by atoms with Gasteiger partial charge >= 0.3 is 0 Å². The molecule has 28 heavy (non-hydrogen) atoms. The zero-order chi connectivity index (χ0) is 21.4. The Morgan fingerprint density at radius 3 is 1.79 bits per heavy atom. The van der Waals surface area contributed by atoms with Crippen LogP contribution in [0.3, 0.4) is 0 Å². The van der Waals surface area contributed by atoms with Gasteiger partial charge < -0.3 is 0 Å². The summed E-state index contributed by atoms with van der Waals surface area (Å²) in [7, 11) is -5.09. The van der Waals surface area contributed by atoms with Gasteiger partial charge in [0.05, 0.1) is 0 Å². The molecule has 1 atom stereocenters. The maximum Gasteiger partial charge on any atom is 0.247 e. The van der Waals surface area contributed by atoms with Crippen molar-refractivity contribution in [2.45, 2.75) is 37.6 Å². The van der Waals surface area contributed by atoms with Crippen molar-refractivity contribution in [3.63, 3.8) is 0 Å². The van der Waals surface area contributed by atoms with E-state index in [1.165, 1.54) is 6.92 Å². The van der Waals surface area contributed by atoms with Gasteiger partial charge in [-0.15, -0.1) is 0 Å². The van der Waals surface area contributed by atoms with Crippen molar-refractivity contribution in [3.05, 3.63) is 63.9 Å². The Labute approximate surface area is 164 Å². The number of hydrogen-bond donors (Lipinski definition) is 1. The Balaban J connectivity index is 2.52. The maximum atomic E-state index is 14.0. The molecule has 0 saturated heterocycles. The molecule has 0 amide bonds. The van der Waals surface area contributed by atoms with Crippen LogP contribution in [-0.4, -0.2) is 14.0 Å². The highest BCUT2D eigenvalue weighted by Gasteiger charge is 2.39. The van der Waals surface area contributed by atoms with Crippen LogP contribution in [0.25, 0.3) is 0 Å². The lowest BCUT2D eigenvalue weighted by Crippen LogP contribution is -2.51. The van der Waals surface area contributed by atoms with Gasteiger partial charge in [0, 0.05) is 10.6 Å². The molecule has 0 heterocycles. The summed E-state index contributed by atoms with van der Waals surface area (Å²) in [6.45, 7) is 4.77. The predicted octanol–water partition coefficient (Wildman–Crippen LogP) is 4.97. The third kappa shape index (κ3) is 4.31. The van der Waals surface area contributed by atoms with Crippen LogP contribution in [0.4, 0.5) is 22.0 Å². The Morgan fingerprint density at radius 2 is 1.36 bits per heavy atom. The van der Waals surface area contributed by atoms with Crippen LogP contribution < -0.4 is 4.72 Å². The van der Waals surface area contributed by atoms with Gasteiger partial charge in [0.1, 0.15) is 0 Å². The van der Waals surface area contributed by atoms with E-state index < -0.39 is 55.5 Å². The largest absolute Gasteiger partial charge is 0.247 e. The summed E-state index contributed by atoms with van der Waals surface area (Å²) in [5.41, 5.74) is -0.645. The third-order valence-electron chi connectivity index (χ3n) is 4.56. The molecule has 154 valence electrons. The molecule has 0 fully saturated rings. The zero-order valence-corrected chi connectivity index (χ0v) is 16.7. The second-order valence-corrected chi connectivity index (χ2v) is 8.94. The first kappa shape index (κ1) is 22.6. The molecular formula is C18H17ClF5NO2S. The number of rotatable bonds is 6. The van der Waals surface area contributed by atoms with E-state index in [1.807, 2.05) is 0 Å². The first-order chi connectivity index (χ1) is 12.8. The van der Waals surface area contributed by atoms with Crippen LogP contribution in [-0.2, 0) is 16.4 Å². The summed E-state index contributed by atoms with van der Waals surface area (Å²) >= 11 is 5.81. The van der Waals surface area contributed by atoms with E-state index in [0.29, 0.717) is 10.6 Å². The fourth-order valence-electron chi connectivity index (χ4n) is 2.56. The van der Waals surface area contributed by atoms with E-state index in [-0.39, 0.29) is 6.42 Å². The van der Waals surface area contributed by atoms with Gasteiger partial charge in [-0.2, -0.15) is 0 Å². The molecule has 0 radical (unpaired) electrons. The Kier molecular flexibility index (Phi) is 6.42. The van der Waals surface area contributed by atoms with Crippen molar-refractivity contribution < 1.29 is 30.4 Å². The summed E-state index contributed by atoms with van der Waals surface area (Å²) in [6, 6.07) is 6.43. The van der Waals surface area contributed by atoms with E-state index in [9.17, 15) is 30.4 Å². The van der Waals surface area contributed by atoms with Gasteiger partial charge in [-0.3, -0.25) is 0 Å². The summed E-state index contributed by atoms with van der Waals surface area (Å²) < 4.78 is 95.4. The molecule has 0 aliphatic carbocycles. The minimum absolute atomic E-state index is 0.0798. The lowest BCUT2D eigenvalue weighted by Gasteiger charge is -2.35. The normalized spacial score (nSPS) is 14.4. The molecule has 3 nitrogen and oxygen atoms in total. The van der Waals surface area contributed by atoms with E-state index >= 15 is 0 Å². The Bertz CT molecular complexity index is 967. The van der Waals surface area contributed by atoms with Crippen molar-refractivity contribution in [2.75, 3.05) is 0 Å². The van der Waals surface area contributed by atoms with Crippen molar-refractivity contribution in [3.8, 4) is 0 Å². The molecule has 0 saturated carbocycles. The first-order valence-electron chi connectivity index (χ1n) is 8.10. The summed E-state index contributed by atoms with van der Waals surface area (Å²) in [5.74, 6) is -12.3. The maximum absolute atomic E-state index is 14.0. The SMILES string of the molecule is CC(C)C(C)(Cc1ccc(Cl)cc1)NS(=O)(=O)c1c(F)c(F)c(F)c(F)c1F. The van der Waals surface area contributed by atoms with Crippen LogP contribution in [0.5, 0.6) is 0 Å². The molecule has 10 heteroatoms. The minimum Gasteiger partial charge on any atom is -0.207 e. The first-order valence-corrected chi connectivity index (χ1v) is 9.96. The molecule has 2 aromatic carbocycles. The van der Waals surface area contributed by atoms with Crippen LogP contribution in [0, 0.1) is 35.0 Å².